The summed E-state index contributed by atoms with van der Waals surface area (Å²) in [4.78, 5) is 6.26. The van der Waals surface area contributed by atoms with E-state index >= 15 is 0 Å². The van der Waals surface area contributed by atoms with Gasteiger partial charge in [0.1, 0.15) is 0 Å². The van der Waals surface area contributed by atoms with Crippen LogP contribution in [0.25, 0.3) is 0 Å². The van der Waals surface area contributed by atoms with Crippen molar-refractivity contribution in [2.24, 2.45) is 0 Å². The minimum atomic E-state index is -0.921. The monoisotopic (exact) mass is 293 g/mol. The molecule has 0 radical (unpaired) electrons. The lowest BCUT2D eigenvalue weighted by Crippen LogP contribution is -2.37. The molecule has 2 heterocycles. The topological polar surface area (TPSA) is 63.2 Å². The number of benzene rings is 1. The maximum Gasteiger partial charge on any atom is 0.247 e. The lowest BCUT2D eigenvalue weighted by Gasteiger charge is -2.26. The third-order valence-electron chi connectivity index (χ3n) is 3.03. The molecular weight excluding hydrogens is 280 g/mol. The summed E-state index contributed by atoms with van der Waals surface area (Å²) >= 11 is 0. The van der Waals surface area contributed by atoms with Crippen molar-refractivity contribution < 1.29 is 13.5 Å². The smallest absolute Gasteiger partial charge is 0.247 e. The average molecular weight is 293 g/mol. The summed E-state index contributed by atoms with van der Waals surface area (Å²) in [5.74, 6) is -0.922. The van der Waals surface area contributed by atoms with Gasteiger partial charge in [0.05, 0.1) is 19.4 Å². The highest BCUT2D eigenvalue weighted by Gasteiger charge is 2.14. The molecule has 1 saturated heterocycles. The Balaban J connectivity index is 1.77. The number of anilines is 3. The predicted octanol–water partition coefficient (Wildman–Crippen LogP) is 1.73. The van der Waals surface area contributed by atoms with Crippen LogP contribution in [0.5, 0.6) is 0 Å². The highest BCUT2D eigenvalue weighted by atomic mass is 19.2. The predicted molar refractivity (Wildman–Crippen MR) is 72.5 cm³/mol. The number of morpholine rings is 1. The Morgan fingerprint density at radius 1 is 1.14 bits per heavy atom. The normalized spacial score (nSPS) is 15.0. The second kappa shape index (κ2) is 5.96. The molecule has 0 atom stereocenters. The first-order valence-electron chi connectivity index (χ1n) is 6.47. The van der Waals surface area contributed by atoms with E-state index in [0.717, 1.165) is 12.1 Å². The fourth-order valence-corrected chi connectivity index (χ4v) is 1.97. The van der Waals surface area contributed by atoms with E-state index in [1.54, 1.807) is 0 Å². The van der Waals surface area contributed by atoms with E-state index in [4.69, 9.17) is 4.74 Å². The van der Waals surface area contributed by atoms with E-state index < -0.39 is 11.6 Å². The van der Waals surface area contributed by atoms with Crippen LogP contribution < -0.4 is 10.2 Å². The van der Waals surface area contributed by atoms with Crippen LogP contribution in [-0.4, -0.2) is 41.5 Å². The second-order valence-electron chi connectivity index (χ2n) is 4.49. The van der Waals surface area contributed by atoms with E-state index in [1.807, 2.05) is 4.90 Å². The second-order valence-corrected chi connectivity index (χ2v) is 4.49. The van der Waals surface area contributed by atoms with Crippen LogP contribution in [0, 0.1) is 11.6 Å². The maximum atomic E-state index is 13.2. The SMILES string of the molecule is Fc1ccc(Nc2cnnc(N3CCOCC3)n2)cc1F. The van der Waals surface area contributed by atoms with E-state index in [-0.39, 0.29) is 0 Å². The zero-order valence-corrected chi connectivity index (χ0v) is 11.1. The van der Waals surface area contributed by atoms with Gasteiger partial charge in [-0.05, 0) is 12.1 Å². The first-order chi connectivity index (χ1) is 10.2. The van der Waals surface area contributed by atoms with Gasteiger partial charge in [0.25, 0.3) is 0 Å². The Morgan fingerprint density at radius 3 is 2.71 bits per heavy atom. The molecular formula is C13H13F2N5O. The first kappa shape index (κ1) is 13.6. The van der Waals surface area contributed by atoms with Gasteiger partial charge in [-0.25, -0.2) is 8.78 Å². The molecule has 0 saturated carbocycles. The molecule has 1 N–H and O–H groups in total. The van der Waals surface area contributed by atoms with Gasteiger partial charge in [-0.2, -0.15) is 10.1 Å². The summed E-state index contributed by atoms with van der Waals surface area (Å²) < 4.78 is 31.3. The highest BCUT2D eigenvalue weighted by molar-refractivity contribution is 5.56. The summed E-state index contributed by atoms with van der Waals surface area (Å²) in [7, 11) is 0. The Kier molecular flexibility index (Phi) is 3.87. The van der Waals surface area contributed by atoms with Crippen molar-refractivity contribution in [3.63, 3.8) is 0 Å². The Hall–Kier alpha value is -2.35. The molecule has 1 aliphatic rings. The van der Waals surface area contributed by atoms with Crippen molar-refractivity contribution in [2.75, 3.05) is 36.5 Å². The molecule has 1 aliphatic heterocycles. The van der Waals surface area contributed by atoms with Crippen molar-refractivity contribution in [3.05, 3.63) is 36.0 Å². The standard InChI is InChI=1S/C13H13F2N5O/c14-10-2-1-9(7-11(10)15)17-12-8-16-19-13(18-12)20-3-5-21-6-4-20/h1-2,7-8H,3-6H2,(H,17,18,19). The average Bonchev–Trinajstić information content (AvgIpc) is 2.52. The van der Waals surface area contributed by atoms with Crippen molar-refractivity contribution in [1.29, 1.82) is 0 Å². The Morgan fingerprint density at radius 2 is 1.95 bits per heavy atom. The van der Waals surface area contributed by atoms with Gasteiger partial charge in [0.2, 0.25) is 5.95 Å². The molecule has 0 bridgehead atoms. The minimum Gasteiger partial charge on any atom is -0.378 e. The van der Waals surface area contributed by atoms with Gasteiger partial charge in [0, 0.05) is 24.8 Å². The zero-order valence-electron chi connectivity index (χ0n) is 11.1. The van der Waals surface area contributed by atoms with E-state index in [9.17, 15) is 8.78 Å². The molecule has 0 spiro atoms. The van der Waals surface area contributed by atoms with E-state index in [1.165, 1.54) is 12.3 Å². The molecule has 1 aromatic carbocycles. The van der Waals surface area contributed by atoms with E-state index in [0.29, 0.717) is 43.8 Å². The van der Waals surface area contributed by atoms with Gasteiger partial charge in [-0.1, -0.05) is 0 Å². The highest BCUT2D eigenvalue weighted by Crippen LogP contribution is 2.18. The number of ether oxygens (including phenoxy) is 1. The molecule has 0 unspecified atom stereocenters. The minimum absolute atomic E-state index is 0.391. The van der Waals surface area contributed by atoms with Crippen LogP contribution >= 0.6 is 0 Å². The van der Waals surface area contributed by atoms with E-state index in [2.05, 4.69) is 20.5 Å². The third-order valence-corrected chi connectivity index (χ3v) is 3.03. The summed E-state index contributed by atoms with van der Waals surface area (Å²) in [6.45, 7) is 2.61. The van der Waals surface area contributed by atoms with Gasteiger partial charge < -0.3 is 15.0 Å². The number of rotatable bonds is 3. The molecule has 8 heteroatoms. The first-order valence-corrected chi connectivity index (χ1v) is 6.47. The Labute approximate surface area is 119 Å². The van der Waals surface area contributed by atoms with Crippen LogP contribution in [0.4, 0.5) is 26.2 Å². The van der Waals surface area contributed by atoms with Crippen LogP contribution in [-0.2, 0) is 4.74 Å². The lowest BCUT2D eigenvalue weighted by atomic mass is 10.3. The number of aromatic nitrogens is 3. The summed E-state index contributed by atoms with van der Waals surface area (Å²) in [5.41, 5.74) is 0.391. The van der Waals surface area contributed by atoms with Crippen LogP contribution in [0.15, 0.2) is 24.4 Å². The summed E-state index contributed by atoms with van der Waals surface area (Å²) in [5, 5.41) is 10.7. The fraction of sp³-hybridized carbons (Fsp3) is 0.308. The van der Waals surface area contributed by atoms with Crippen LogP contribution in [0.2, 0.25) is 0 Å². The van der Waals surface area contributed by atoms with Crippen molar-refractivity contribution in [3.8, 4) is 0 Å². The van der Waals surface area contributed by atoms with Gasteiger partial charge >= 0.3 is 0 Å². The summed E-state index contributed by atoms with van der Waals surface area (Å²) in [6.07, 6.45) is 1.42. The van der Waals surface area contributed by atoms with Crippen LogP contribution in [0.1, 0.15) is 0 Å². The van der Waals surface area contributed by atoms with Gasteiger partial charge in [-0.15, -0.1) is 5.10 Å². The molecule has 110 valence electrons. The molecule has 2 aromatic rings. The fourth-order valence-electron chi connectivity index (χ4n) is 1.97. The number of nitrogens with zero attached hydrogens (tertiary/aromatic N) is 4. The van der Waals surface area contributed by atoms with Crippen molar-refractivity contribution in [2.45, 2.75) is 0 Å². The molecule has 21 heavy (non-hydrogen) atoms. The number of hydrogen-bond acceptors (Lipinski definition) is 6. The van der Waals surface area contributed by atoms with Gasteiger partial charge in [-0.3, -0.25) is 0 Å². The molecule has 0 aliphatic carbocycles. The van der Waals surface area contributed by atoms with Gasteiger partial charge in [0.15, 0.2) is 17.5 Å². The zero-order chi connectivity index (χ0) is 14.7. The maximum absolute atomic E-state index is 13.2. The van der Waals surface area contributed by atoms with Crippen molar-refractivity contribution in [1.82, 2.24) is 15.2 Å². The lowest BCUT2D eigenvalue weighted by molar-refractivity contribution is 0.122. The molecule has 1 fully saturated rings. The van der Waals surface area contributed by atoms with Crippen LogP contribution in [0.3, 0.4) is 0 Å². The molecule has 1 aromatic heterocycles. The largest absolute Gasteiger partial charge is 0.378 e. The number of nitrogens with one attached hydrogen (secondary N) is 1. The summed E-state index contributed by atoms with van der Waals surface area (Å²) in [6, 6.07) is 3.54. The quantitative estimate of drug-likeness (QED) is 0.930. The third kappa shape index (κ3) is 3.22. The molecule has 0 amide bonds. The van der Waals surface area contributed by atoms with Crippen molar-refractivity contribution >= 4 is 17.5 Å². The Bertz CT molecular complexity index is 634. The molecule has 3 rings (SSSR count). The number of halogens is 2. The molecule has 6 nitrogen and oxygen atoms in total. The number of hydrogen-bond donors (Lipinski definition) is 1.